The maximum Gasteiger partial charge on any atom is 0.416 e. The average molecular weight is 359 g/mol. The van der Waals surface area contributed by atoms with Gasteiger partial charge >= 0.3 is 6.18 Å². The summed E-state index contributed by atoms with van der Waals surface area (Å²) in [5.74, 6) is -0.750. The lowest BCUT2D eigenvalue weighted by Crippen LogP contribution is -2.28. The molecule has 2 aromatic rings. The third-order valence-electron chi connectivity index (χ3n) is 4.07. The summed E-state index contributed by atoms with van der Waals surface area (Å²) in [6.45, 7) is 0. The molecular weight excluding hydrogens is 348 g/mol. The molecule has 0 heterocycles. The van der Waals surface area contributed by atoms with Crippen molar-refractivity contribution < 1.29 is 27.1 Å². The second-order valence-corrected chi connectivity index (χ2v) is 5.91. The van der Waals surface area contributed by atoms with Crippen LogP contribution >= 0.6 is 11.6 Å². The third-order valence-corrected chi connectivity index (χ3v) is 4.31. The van der Waals surface area contributed by atoms with E-state index in [4.69, 9.17) is 16.3 Å². The number of halogens is 5. The Morgan fingerprint density at radius 3 is 2.46 bits per heavy atom. The maximum absolute atomic E-state index is 15.7. The van der Waals surface area contributed by atoms with E-state index in [1.54, 1.807) is 0 Å². The summed E-state index contributed by atoms with van der Waals surface area (Å²) in [7, 11) is 1.31. The van der Waals surface area contributed by atoms with E-state index in [9.17, 15) is 18.0 Å². The average Bonchev–Trinajstić information content (AvgIpc) is 2.78. The van der Waals surface area contributed by atoms with Gasteiger partial charge in [0.05, 0.1) is 12.7 Å². The van der Waals surface area contributed by atoms with Crippen LogP contribution in [0, 0.1) is 0 Å². The normalized spacial score (nSPS) is 20.2. The van der Waals surface area contributed by atoms with Crippen molar-refractivity contribution in [3.8, 4) is 5.75 Å². The van der Waals surface area contributed by atoms with Gasteiger partial charge in [0.15, 0.2) is 5.78 Å². The number of ether oxygens (including phenoxy) is 1. The Morgan fingerprint density at radius 1 is 1.12 bits per heavy atom. The summed E-state index contributed by atoms with van der Waals surface area (Å²) >= 11 is 5.89. The molecule has 0 saturated carbocycles. The van der Waals surface area contributed by atoms with Gasteiger partial charge in [-0.2, -0.15) is 13.2 Å². The summed E-state index contributed by atoms with van der Waals surface area (Å²) in [5.41, 5.74) is -3.71. The highest BCUT2D eigenvalue weighted by molar-refractivity contribution is 6.30. The monoisotopic (exact) mass is 358 g/mol. The van der Waals surface area contributed by atoms with Crippen LogP contribution in [0.2, 0.25) is 5.02 Å². The van der Waals surface area contributed by atoms with Crippen LogP contribution in [0.15, 0.2) is 36.4 Å². The van der Waals surface area contributed by atoms with E-state index < -0.39 is 29.6 Å². The minimum absolute atomic E-state index is 0.0133. The van der Waals surface area contributed by atoms with Crippen LogP contribution in [0.25, 0.3) is 0 Å². The van der Waals surface area contributed by atoms with Gasteiger partial charge in [0.2, 0.25) is 5.67 Å². The lowest BCUT2D eigenvalue weighted by atomic mass is 9.88. The van der Waals surface area contributed by atoms with Crippen LogP contribution in [-0.4, -0.2) is 12.9 Å². The van der Waals surface area contributed by atoms with E-state index in [0.717, 1.165) is 18.2 Å². The first-order chi connectivity index (χ1) is 11.2. The molecule has 3 rings (SSSR count). The zero-order valence-electron chi connectivity index (χ0n) is 12.4. The number of carbonyl (C=O) groups excluding carboxylic acids is 1. The van der Waals surface area contributed by atoms with Crippen LogP contribution < -0.4 is 4.74 Å². The quantitative estimate of drug-likeness (QED) is 0.727. The second-order valence-electron chi connectivity index (χ2n) is 5.47. The van der Waals surface area contributed by atoms with Crippen molar-refractivity contribution in [2.24, 2.45) is 0 Å². The summed E-state index contributed by atoms with van der Waals surface area (Å²) in [4.78, 5) is 12.3. The van der Waals surface area contributed by atoms with Crippen molar-refractivity contribution in [3.05, 3.63) is 63.7 Å². The van der Waals surface area contributed by atoms with Crippen molar-refractivity contribution in [2.45, 2.75) is 18.3 Å². The van der Waals surface area contributed by atoms with Crippen LogP contribution in [0.4, 0.5) is 17.6 Å². The smallest absolute Gasteiger partial charge is 0.416 e. The highest BCUT2D eigenvalue weighted by Crippen LogP contribution is 2.48. The minimum atomic E-state index is -4.56. The zero-order chi connectivity index (χ0) is 17.7. The van der Waals surface area contributed by atoms with E-state index in [1.807, 2.05) is 0 Å². The molecule has 0 saturated heterocycles. The Labute approximate surface area is 140 Å². The Morgan fingerprint density at radius 2 is 1.83 bits per heavy atom. The van der Waals surface area contributed by atoms with E-state index in [-0.39, 0.29) is 27.5 Å². The molecule has 0 radical (unpaired) electrons. The maximum atomic E-state index is 15.7. The summed E-state index contributed by atoms with van der Waals surface area (Å²) in [6.07, 6.45) is -4.99. The van der Waals surface area contributed by atoms with Gasteiger partial charge in [-0.25, -0.2) is 4.39 Å². The first-order valence-corrected chi connectivity index (χ1v) is 7.32. The fourth-order valence-corrected chi connectivity index (χ4v) is 3.11. The molecule has 0 spiro atoms. The van der Waals surface area contributed by atoms with E-state index in [0.29, 0.717) is 0 Å². The molecule has 0 fully saturated rings. The standard InChI is InChI=1S/C17H11ClF4O2/c1-24-14-5-3-11(18)8-13(14)16(19)12-4-2-10(17(20,21)22)6-9(12)7-15(16)23/h2-6,8H,7H2,1H3/t16-/m1/s1. The number of hydrogen-bond donors (Lipinski definition) is 0. The first-order valence-electron chi connectivity index (χ1n) is 6.94. The topological polar surface area (TPSA) is 26.3 Å². The van der Waals surface area contributed by atoms with Gasteiger partial charge in [-0.05, 0) is 35.9 Å². The number of methoxy groups -OCH3 is 1. The van der Waals surface area contributed by atoms with Gasteiger partial charge in [0.25, 0.3) is 0 Å². The Balaban J connectivity index is 2.21. The van der Waals surface area contributed by atoms with Gasteiger partial charge in [0, 0.05) is 22.6 Å². The molecule has 0 amide bonds. The molecule has 2 nitrogen and oxygen atoms in total. The van der Waals surface area contributed by atoms with Crippen LogP contribution in [-0.2, 0) is 23.1 Å². The first kappa shape index (κ1) is 16.8. The summed E-state index contributed by atoms with van der Waals surface area (Å²) in [5, 5.41) is 0.191. The molecule has 0 bridgehead atoms. The number of hydrogen-bond acceptors (Lipinski definition) is 2. The lowest BCUT2D eigenvalue weighted by Gasteiger charge is -2.23. The molecule has 2 aromatic carbocycles. The van der Waals surface area contributed by atoms with Gasteiger partial charge in [-0.15, -0.1) is 0 Å². The van der Waals surface area contributed by atoms with Gasteiger partial charge in [-0.3, -0.25) is 4.79 Å². The van der Waals surface area contributed by atoms with Crippen LogP contribution in [0.5, 0.6) is 5.75 Å². The zero-order valence-corrected chi connectivity index (χ0v) is 13.1. The molecule has 24 heavy (non-hydrogen) atoms. The van der Waals surface area contributed by atoms with Gasteiger partial charge in [-0.1, -0.05) is 17.7 Å². The molecular formula is C17H11ClF4O2. The van der Waals surface area contributed by atoms with Crippen molar-refractivity contribution >= 4 is 17.4 Å². The fourth-order valence-electron chi connectivity index (χ4n) is 2.94. The van der Waals surface area contributed by atoms with Crippen LogP contribution in [0.3, 0.4) is 0 Å². The molecule has 1 atom stereocenters. The molecule has 0 unspecified atom stereocenters. The molecule has 0 N–H and O–H groups in total. The molecule has 1 aliphatic rings. The summed E-state index contributed by atoms with van der Waals surface area (Å²) < 4.78 is 59.3. The molecule has 0 aliphatic heterocycles. The summed E-state index contributed by atoms with van der Waals surface area (Å²) in [6, 6.07) is 6.72. The number of ketones is 1. The molecule has 7 heteroatoms. The number of alkyl halides is 4. The largest absolute Gasteiger partial charge is 0.496 e. The third kappa shape index (κ3) is 2.45. The van der Waals surface area contributed by atoms with Crippen molar-refractivity contribution in [3.63, 3.8) is 0 Å². The van der Waals surface area contributed by atoms with Crippen molar-refractivity contribution in [2.75, 3.05) is 7.11 Å². The number of fused-ring (bicyclic) bond motifs is 1. The Kier molecular flexibility index (Phi) is 3.83. The Bertz CT molecular complexity index is 832. The molecule has 1 aliphatic carbocycles. The minimum Gasteiger partial charge on any atom is -0.496 e. The predicted molar refractivity (Wildman–Crippen MR) is 80.0 cm³/mol. The van der Waals surface area contributed by atoms with Crippen LogP contribution in [0.1, 0.15) is 22.3 Å². The number of Topliss-reactive ketones (excluding diaryl/α,β-unsaturated/α-hetero) is 1. The highest BCUT2D eigenvalue weighted by Gasteiger charge is 2.50. The van der Waals surface area contributed by atoms with E-state index in [1.165, 1.54) is 25.3 Å². The van der Waals surface area contributed by atoms with Gasteiger partial charge < -0.3 is 4.74 Å². The number of rotatable bonds is 2. The van der Waals surface area contributed by atoms with Crippen molar-refractivity contribution in [1.82, 2.24) is 0 Å². The van der Waals surface area contributed by atoms with E-state index in [2.05, 4.69) is 0 Å². The molecule has 126 valence electrons. The number of carbonyl (C=O) groups is 1. The SMILES string of the molecule is COc1ccc(Cl)cc1[C@@]1(F)C(=O)Cc2cc(C(F)(F)F)ccc21. The second kappa shape index (κ2) is 5.48. The van der Waals surface area contributed by atoms with Crippen molar-refractivity contribution in [1.29, 1.82) is 0 Å². The Hall–Kier alpha value is -2.08. The fraction of sp³-hybridized carbons (Fsp3) is 0.235. The van der Waals surface area contributed by atoms with Gasteiger partial charge in [0.1, 0.15) is 5.75 Å². The highest BCUT2D eigenvalue weighted by atomic mass is 35.5. The molecule has 0 aromatic heterocycles. The number of benzene rings is 2. The van der Waals surface area contributed by atoms with E-state index >= 15 is 4.39 Å². The predicted octanol–water partition coefficient (Wildman–Crippen LogP) is 4.71. The lowest BCUT2D eigenvalue weighted by molar-refractivity contribution is -0.137.